The summed E-state index contributed by atoms with van der Waals surface area (Å²) in [7, 11) is 0. The number of nitrogens with one attached hydrogen (secondary N) is 1. The van der Waals surface area contributed by atoms with Crippen LogP contribution in [0.3, 0.4) is 0 Å². The lowest BCUT2D eigenvalue weighted by atomic mass is 9.89. The highest BCUT2D eigenvalue weighted by Gasteiger charge is 2.21. The first-order valence-corrected chi connectivity index (χ1v) is 11.1. The van der Waals surface area contributed by atoms with Crippen molar-refractivity contribution < 1.29 is 4.74 Å². The normalized spacial score (nSPS) is 19.1. The van der Waals surface area contributed by atoms with Gasteiger partial charge in [-0.05, 0) is 60.4 Å². The van der Waals surface area contributed by atoms with Crippen molar-refractivity contribution in [1.82, 2.24) is 9.97 Å². The third-order valence-corrected chi connectivity index (χ3v) is 6.41. The molecule has 1 heterocycles. The molecule has 1 saturated carbocycles. The molecule has 1 aliphatic rings. The molecule has 0 aliphatic heterocycles. The van der Waals surface area contributed by atoms with Gasteiger partial charge in [0.15, 0.2) is 0 Å². The van der Waals surface area contributed by atoms with Crippen LogP contribution in [0, 0.1) is 5.92 Å². The second-order valence-corrected chi connectivity index (χ2v) is 8.74. The highest BCUT2D eigenvalue weighted by atomic mass is 35.5. The summed E-state index contributed by atoms with van der Waals surface area (Å²) in [4.78, 5) is 7.97. The van der Waals surface area contributed by atoms with Crippen molar-refractivity contribution in [2.75, 3.05) is 0 Å². The average Bonchev–Trinajstić information content (AvgIpc) is 3.16. The molecule has 4 aromatic rings. The molecule has 0 amide bonds. The monoisotopic (exact) mass is 416 g/mol. The summed E-state index contributed by atoms with van der Waals surface area (Å²) in [5.41, 5.74) is 6.23. The van der Waals surface area contributed by atoms with E-state index in [2.05, 4.69) is 65.4 Å². The molecular weight excluding hydrogens is 392 g/mol. The third-order valence-electron chi connectivity index (χ3n) is 6.09. The molecule has 30 heavy (non-hydrogen) atoms. The minimum Gasteiger partial charge on any atom is -0.461 e. The van der Waals surface area contributed by atoms with Gasteiger partial charge in [0.25, 0.3) is 6.01 Å². The first kappa shape index (κ1) is 19.2. The van der Waals surface area contributed by atoms with E-state index in [4.69, 9.17) is 16.3 Å². The van der Waals surface area contributed by atoms with Crippen molar-refractivity contribution in [2.45, 2.75) is 38.7 Å². The summed E-state index contributed by atoms with van der Waals surface area (Å²) in [6.07, 6.45) is 4.89. The number of nitrogens with zero attached hydrogens (tertiary/aromatic N) is 1. The van der Waals surface area contributed by atoms with E-state index in [0.717, 1.165) is 40.9 Å². The number of rotatable bonds is 4. The van der Waals surface area contributed by atoms with Crippen molar-refractivity contribution in [1.29, 1.82) is 0 Å². The van der Waals surface area contributed by atoms with Gasteiger partial charge in [0.05, 0.1) is 16.1 Å². The maximum atomic E-state index is 6.62. The predicted octanol–water partition coefficient (Wildman–Crippen LogP) is 7.51. The van der Waals surface area contributed by atoms with Gasteiger partial charge in [-0.15, -0.1) is 0 Å². The summed E-state index contributed by atoms with van der Waals surface area (Å²) in [5.74, 6) is 0.801. The molecule has 3 nitrogen and oxygen atoms in total. The van der Waals surface area contributed by atoms with Gasteiger partial charge in [0.1, 0.15) is 6.10 Å². The standard InChI is InChI=1S/C26H25ClN2O/c1-17-7-13-21(14-8-17)30-26-28-24-15-22(23(27)16-25(24)29-26)20-11-9-19(10-12-20)18-5-3-2-4-6-18/h2-6,9-12,15-17,21H,7-8,13-14H2,1H3,(H,28,29). The lowest BCUT2D eigenvalue weighted by Crippen LogP contribution is -2.23. The Morgan fingerprint density at radius 3 is 2.27 bits per heavy atom. The second kappa shape index (κ2) is 8.16. The smallest absolute Gasteiger partial charge is 0.294 e. The first-order chi connectivity index (χ1) is 14.7. The van der Waals surface area contributed by atoms with Crippen LogP contribution in [0.4, 0.5) is 0 Å². The van der Waals surface area contributed by atoms with Crippen molar-refractivity contribution in [3.8, 4) is 28.3 Å². The highest BCUT2D eigenvalue weighted by Crippen LogP contribution is 2.34. The summed E-state index contributed by atoms with van der Waals surface area (Å²) in [6.45, 7) is 2.31. The van der Waals surface area contributed by atoms with Gasteiger partial charge in [-0.25, -0.2) is 0 Å². The minimum absolute atomic E-state index is 0.252. The number of halogens is 1. The largest absolute Gasteiger partial charge is 0.461 e. The molecule has 0 saturated heterocycles. The zero-order chi connectivity index (χ0) is 20.5. The van der Waals surface area contributed by atoms with Gasteiger partial charge < -0.3 is 9.72 Å². The maximum Gasteiger partial charge on any atom is 0.294 e. The zero-order valence-electron chi connectivity index (χ0n) is 17.1. The van der Waals surface area contributed by atoms with Gasteiger partial charge in [-0.2, -0.15) is 4.98 Å². The molecular formula is C26H25ClN2O. The average molecular weight is 417 g/mol. The molecule has 5 rings (SSSR count). The van der Waals surface area contributed by atoms with E-state index >= 15 is 0 Å². The Morgan fingerprint density at radius 1 is 0.867 bits per heavy atom. The Labute approximate surface area is 182 Å². The SMILES string of the molecule is CC1CCC(Oc2nc3cc(-c4ccc(-c5ccccc5)cc4)c(Cl)cc3[nH]2)CC1. The van der Waals surface area contributed by atoms with Gasteiger partial charge in [-0.3, -0.25) is 0 Å². The number of ether oxygens (including phenoxy) is 1. The number of hydrogen-bond donors (Lipinski definition) is 1. The van der Waals surface area contributed by atoms with Crippen LogP contribution < -0.4 is 4.74 Å². The summed E-state index contributed by atoms with van der Waals surface area (Å²) < 4.78 is 6.13. The molecule has 3 aromatic carbocycles. The molecule has 1 N–H and O–H groups in total. The fourth-order valence-corrected chi connectivity index (χ4v) is 4.53. The molecule has 0 radical (unpaired) electrons. The molecule has 152 valence electrons. The minimum atomic E-state index is 0.252. The molecule has 0 bridgehead atoms. The van der Waals surface area contributed by atoms with E-state index < -0.39 is 0 Å². The fraction of sp³-hybridized carbons (Fsp3) is 0.269. The van der Waals surface area contributed by atoms with Gasteiger partial charge in [0.2, 0.25) is 0 Å². The van der Waals surface area contributed by atoms with Crippen molar-refractivity contribution in [3.63, 3.8) is 0 Å². The number of fused-ring (bicyclic) bond motifs is 1. The first-order valence-electron chi connectivity index (χ1n) is 10.7. The fourth-order valence-electron chi connectivity index (χ4n) is 4.26. The Morgan fingerprint density at radius 2 is 1.53 bits per heavy atom. The van der Waals surface area contributed by atoms with Crippen LogP contribution in [-0.2, 0) is 0 Å². The molecule has 1 fully saturated rings. The number of H-pyrrole nitrogens is 1. The summed E-state index contributed by atoms with van der Waals surface area (Å²) in [6, 6.07) is 23.5. The Bertz CT molecular complexity index is 1140. The van der Waals surface area contributed by atoms with E-state index in [1.54, 1.807) is 0 Å². The van der Waals surface area contributed by atoms with Gasteiger partial charge in [0, 0.05) is 5.56 Å². The topological polar surface area (TPSA) is 37.9 Å². The van der Waals surface area contributed by atoms with Crippen LogP contribution in [0.1, 0.15) is 32.6 Å². The molecule has 0 unspecified atom stereocenters. The predicted molar refractivity (Wildman–Crippen MR) is 124 cm³/mol. The molecule has 4 heteroatoms. The van der Waals surface area contributed by atoms with Crippen molar-refractivity contribution in [3.05, 3.63) is 71.8 Å². The quantitative estimate of drug-likeness (QED) is 0.373. The number of aromatic amines is 1. The number of benzene rings is 3. The molecule has 0 spiro atoms. The van der Waals surface area contributed by atoms with Crippen LogP contribution in [0.25, 0.3) is 33.3 Å². The van der Waals surface area contributed by atoms with E-state index in [9.17, 15) is 0 Å². The van der Waals surface area contributed by atoms with Crippen molar-refractivity contribution in [2.24, 2.45) is 5.92 Å². The number of aromatic nitrogens is 2. The Balaban J connectivity index is 1.40. The second-order valence-electron chi connectivity index (χ2n) is 8.33. The molecule has 1 aliphatic carbocycles. The van der Waals surface area contributed by atoms with E-state index in [1.165, 1.54) is 24.0 Å². The lowest BCUT2D eigenvalue weighted by molar-refractivity contribution is 0.126. The lowest BCUT2D eigenvalue weighted by Gasteiger charge is -2.25. The summed E-state index contributed by atoms with van der Waals surface area (Å²) >= 11 is 6.62. The summed E-state index contributed by atoms with van der Waals surface area (Å²) in [5, 5.41) is 0.705. The van der Waals surface area contributed by atoms with E-state index in [1.807, 2.05) is 18.2 Å². The molecule has 0 atom stereocenters. The Kier molecular flexibility index (Phi) is 5.22. The highest BCUT2D eigenvalue weighted by molar-refractivity contribution is 6.34. The van der Waals surface area contributed by atoms with E-state index in [-0.39, 0.29) is 6.10 Å². The van der Waals surface area contributed by atoms with Crippen LogP contribution in [0.15, 0.2) is 66.7 Å². The zero-order valence-corrected chi connectivity index (χ0v) is 17.8. The van der Waals surface area contributed by atoms with Gasteiger partial charge >= 0.3 is 0 Å². The number of hydrogen-bond acceptors (Lipinski definition) is 2. The van der Waals surface area contributed by atoms with Crippen LogP contribution in [-0.4, -0.2) is 16.1 Å². The third kappa shape index (κ3) is 3.95. The van der Waals surface area contributed by atoms with Crippen LogP contribution in [0.2, 0.25) is 5.02 Å². The van der Waals surface area contributed by atoms with Crippen LogP contribution in [0.5, 0.6) is 6.01 Å². The molecule has 1 aromatic heterocycles. The van der Waals surface area contributed by atoms with Gasteiger partial charge in [-0.1, -0.05) is 73.1 Å². The van der Waals surface area contributed by atoms with E-state index in [0.29, 0.717) is 11.0 Å². The maximum absolute atomic E-state index is 6.62. The van der Waals surface area contributed by atoms with Crippen LogP contribution >= 0.6 is 11.6 Å². The number of imidazole rings is 1. The Hall–Kier alpha value is -2.78. The van der Waals surface area contributed by atoms with Crippen molar-refractivity contribution >= 4 is 22.6 Å².